The van der Waals surface area contributed by atoms with Crippen molar-refractivity contribution in [3.63, 3.8) is 0 Å². The second kappa shape index (κ2) is 9.27. The standard InChI is InChI=1S/C21H28N4O7S/c1-2-32-17-6-5-15(33(29,30)24-9-11-31-12-10-24)13-16(17)22-18(26)14-25-19(27)21(23-20(25)28)7-3-4-8-21/h5-6,13H,2-4,7-12,14H2,1H3,(H,22,26)(H,23,28). The van der Waals surface area contributed by atoms with Gasteiger partial charge >= 0.3 is 6.03 Å². The van der Waals surface area contributed by atoms with Gasteiger partial charge in [-0.15, -0.1) is 0 Å². The van der Waals surface area contributed by atoms with Crippen LogP contribution in [0.3, 0.4) is 0 Å². The highest BCUT2D eigenvalue weighted by Crippen LogP contribution is 2.35. The number of rotatable bonds is 7. The van der Waals surface area contributed by atoms with Crippen LogP contribution >= 0.6 is 0 Å². The number of hydrogen-bond acceptors (Lipinski definition) is 7. The zero-order valence-corrected chi connectivity index (χ0v) is 19.3. The van der Waals surface area contributed by atoms with Crippen LogP contribution in [0, 0.1) is 0 Å². The van der Waals surface area contributed by atoms with E-state index in [0.717, 1.165) is 17.7 Å². The van der Waals surface area contributed by atoms with Crippen LogP contribution in [0.15, 0.2) is 23.1 Å². The molecule has 0 bridgehead atoms. The molecule has 0 unspecified atom stereocenters. The molecule has 12 heteroatoms. The lowest BCUT2D eigenvalue weighted by Gasteiger charge is -2.26. The Labute approximate surface area is 192 Å². The van der Waals surface area contributed by atoms with E-state index >= 15 is 0 Å². The predicted molar refractivity (Wildman–Crippen MR) is 117 cm³/mol. The SMILES string of the molecule is CCOc1ccc(S(=O)(=O)N2CCOCC2)cc1NC(=O)CN1C(=O)NC2(CCCC2)C1=O. The van der Waals surface area contributed by atoms with Gasteiger partial charge in [-0.05, 0) is 38.0 Å². The molecule has 1 aromatic carbocycles. The first kappa shape index (κ1) is 23.5. The van der Waals surface area contributed by atoms with Gasteiger partial charge in [0.25, 0.3) is 5.91 Å². The van der Waals surface area contributed by atoms with Gasteiger partial charge in [-0.25, -0.2) is 13.2 Å². The Balaban J connectivity index is 1.52. The quantitative estimate of drug-likeness (QED) is 0.554. The van der Waals surface area contributed by atoms with Crippen molar-refractivity contribution in [1.29, 1.82) is 0 Å². The second-order valence-corrected chi connectivity index (χ2v) is 10.2. The molecule has 2 N–H and O–H groups in total. The van der Waals surface area contributed by atoms with Crippen LogP contribution in [-0.4, -0.2) is 80.5 Å². The Morgan fingerprint density at radius 3 is 2.58 bits per heavy atom. The number of amides is 4. The summed E-state index contributed by atoms with van der Waals surface area (Å²) in [6.45, 7) is 2.70. The first-order valence-electron chi connectivity index (χ1n) is 11.1. The van der Waals surface area contributed by atoms with Gasteiger partial charge in [0, 0.05) is 13.1 Å². The molecular weight excluding hydrogens is 452 g/mol. The van der Waals surface area contributed by atoms with Crippen molar-refractivity contribution in [2.24, 2.45) is 0 Å². The number of morpholine rings is 1. The average Bonchev–Trinajstić information content (AvgIpc) is 3.36. The van der Waals surface area contributed by atoms with Gasteiger partial charge in [-0.2, -0.15) is 4.31 Å². The Bertz CT molecular complexity index is 1050. The highest BCUT2D eigenvalue weighted by atomic mass is 32.2. The second-order valence-electron chi connectivity index (χ2n) is 8.27. The number of nitrogens with zero attached hydrogens (tertiary/aromatic N) is 2. The summed E-state index contributed by atoms with van der Waals surface area (Å²) in [5, 5.41) is 5.35. The maximum atomic E-state index is 13.0. The van der Waals surface area contributed by atoms with Gasteiger partial charge in [0.05, 0.1) is 30.4 Å². The van der Waals surface area contributed by atoms with E-state index in [9.17, 15) is 22.8 Å². The number of ether oxygens (including phenoxy) is 2. The number of hydrogen-bond donors (Lipinski definition) is 2. The minimum atomic E-state index is -3.79. The molecule has 180 valence electrons. The minimum absolute atomic E-state index is 0.00283. The summed E-state index contributed by atoms with van der Waals surface area (Å²) in [5.41, 5.74) is -0.751. The maximum absolute atomic E-state index is 13.0. The number of nitrogens with one attached hydrogen (secondary N) is 2. The summed E-state index contributed by atoms with van der Waals surface area (Å²) in [4.78, 5) is 38.8. The molecule has 1 spiro atoms. The van der Waals surface area contributed by atoms with Crippen LogP contribution < -0.4 is 15.4 Å². The molecule has 1 aromatic rings. The first-order valence-corrected chi connectivity index (χ1v) is 12.5. The third-order valence-electron chi connectivity index (χ3n) is 6.14. The van der Waals surface area contributed by atoms with Gasteiger partial charge in [-0.1, -0.05) is 12.8 Å². The highest BCUT2D eigenvalue weighted by molar-refractivity contribution is 7.89. The molecule has 1 saturated carbocycles. The largest absolute Gasteiger partial charge is 0.492 e. The number of imide groups is 1. The number of carbonyl (C=O) groups is 3. The van der Waals surface area contributed by atoms with E-state index in [2.05, 4.69) is 10.6 Å². The third kappa shape index (κ3) is 4.55. The van der Waals surface area contributed by atoms with E-state index in [0.29, 0.717) is 32.7 Å². The lowest BCUT2D eigenvalue weighted by molar-refractivity contribution is -0.133. The Morgan fingerprint density at radius 2 is 1.91 bits per heavy atom. The summed E-state index contributed by atoms with van der Waals surface area (Å²) in [6.07, 6.45) is 2.81. The fourth-order valence-corrected chi connectivity index (χ4v) is 5.89. The highest BCUT2D eigenvalue weighted by Gasteiger charge is 2.52. The van der Waals surface area contributed by atoms with Crippen molar-refractivity contribution in [2.45, 2.75) is 43.0 Å². The number of anilines is 1. The molecule has 2 aliphatic heterocycles. The molecule has 0 atom stereocenters. The molecule has 1 aliphatic carbocycles. The van der Waals surface area contributed by atoms with Gasteiger partial charge in [-0.3, -0.25) is 14.5 Å². The molecule has 4 rings (SSSR count). The van der Waals surface area contributed by atoms with Crippen LogP contribution in [0.1, 0.15) is 32.6 Å². The van der Waals surface area contributed by atoms with Gasteiger partial charge in [0.1, 0.15) is 17.8 Å². The van der Waals surface area contributed by atoms with E-state index in [1.807, 2.05) is 0 Å². The summed E-state index contributed by atoms with van der Waals surface area (Å²) in [6, 6.07) is 3.64. The van der Waals surface area contributed by atoms with Crippen molar-refractivity contribution < 1.29 is 32.3 Å². The predicted octanol–water partition coefficient (Wildman–Crippen LogP) is 0.909. The van der Waals surface area contributed by atoms with E-state index in [1.165, 1.54) is 22.5 Å². The van der Waals surface area contributed by atoms with E-state index in [1.54, 1.807) is 6.92 Å². The van der Waals surface area contributed by atoms with Crippen LogP contribution in [0.25, 0.3) is 0 Å². The smallest absolute Gasteiger partial charge is 0.325 e. The molecule has 0 radical (unpaired) electrons. The average molecular weight is 481 g/mol. The Hall–Kier alpha value is -2.70. The molecule has 0 aromatic heterocycles. The van der Waals surface area contributed by atoms with E-state index in [-0.39, 0.29) is 29.4 Å². The summed E-state index contributed by atoms with van der Waals surface area (Å²) >= 11 is 0. The molecule has 3 fully saturated rings. The van der Waals surface area contributed by atoms with Crippen LogP contribution in [0.5, 0.6) is 5.75 Å². The van der Waals surface area contributed by atoms with E-state index < -0.39 is 40.0 Å². The molecule has 4 amide bonds. The topological polar surface area (TPSA) is 134 Å². The summed E-state index contributed by atoms with van der Waals surface area (Å²) in [5.74, 6) is -0.736. The van der Waals surface area contributed by atoms with Gasteiger partial charge in [0.15, 0.2) is 0 Å². The normalized spacial score (nSPS) is 20.8. The van der Waals surface area contributed by atoms with Crippen LogP contribution in [0.2, 0.25) is 0 Å². The fourth-order valence-electron chi connectivity index (χ4n) is 4.46. The number of carbonyl (C=O) groups excluding carboxylic acids is 3. The molecule has 2 heterocycles. The molecule has 33 heavy (non-hydrogen) atoms. The lowest BCUT2D eigenvalue weighted by atomic mass is 9.98. The number of sulfonamides is 1. The molecule has 11 nitrogen and oxygen atoms in total. The summed E-state index contributed by atoms with van der Waals surface area (Å²) < 4.78 is 38.1. The Morgan fingerprint density at radius 1 is 1.21 bits per heavy atom. The lowest BCUT2D eigenvalue weighted by Crippen LogP contribution is -2.44. The number of benzene rings is 1. The van der Waals surface area contributed by atoms with Crippen LogP contribution in [-0.2, 0) is 24.3 Å². The molecule has 3 aliphatic rings. The zero-order valence-electron chi connectivity index (χ0n) is 18.5. The van der Waals surface area contributed by atoms with Crippen molar-refractivity contribution in [3.8, 4) is 5.75 Å². The van der Waals surface area contributed by atoms with E-state index in [4.69, 9.17) is 9.47 Å². The van der Waals surface area contributed by atoms with Gasteiger partial charge in [0.2, 0.25) is 15.9 Å². The molecular formula is C21H28N4O7S. The molecule has 2 saturated heterocycles. The van der Waals surface area contributed by atoms with Crippen molar-refractivity contribution in [2.75, 3.05) is 44.8 Å². The van der Waals surface area contributed by atoms with Crippen molar-refractivity contribution in [3.05, 3.63) is 18.2 Å². The zero-order chi connectivity index (χ0) is 23.6. The fraction of sp³-hybridized carbons (Fsp3) is 0.571. The number of urea groups is 1. The van der Waals surface area contributed by atoms with Crippen molar-refractivity contribution >= 4 is 33.6 Å². The first-order chi connectivity index (χ1) is 15.8. The van der Waals surface area contributed by atoms with Gasteiger partial charge < -0.3 is 20.1 Å². The summed E-state index contributed by atoms with van der Waals surface area (Å²) in [7, 11) is -3.79. The van der Waals surface area contributed by atoms with Crippen LogP contribution in [0.4, 0.5) is 10.5 Å². The third-order valence-corrected chi connectivity index (χ3v) is 8.03. The maximum Gasteiger partial charge on any atom is 0.325 e. The monoisotopic (exact) mass is 480 g/mol. The van der Waals surface area contributed by atoms with Crippen molar-refractivity contribution in [1.82, 2.24) is 14.5 Å². The Kier molecular flexibility index (Phi) is 6.59. The minimum Gasteiger partial charge on any atom is -0.492 e.